The van der Waals surface area contributed by atoms with Gasteiger partial charge in [-0.2, -0.15) is 0 Å². The van der Waals surface area contributed by atoms with Crippen molar-refractivity contribution in [3.8, 4) is 0 Å². The smallest absolute Gasteiger partial charge is 0.0412 e. The average molecular weight is 395 g/mol. The largest absolute Gasteiger partial charge is 0.0654 e. The summed E-state index contributed by atoms with van der Waals surface area (Å²) in [6, 6.07) is 0. The molecule has 0 radical (unpaired) electrons. The second kappa shape index (κ2) is 23.3. The van der Waals surface area contributed by atoms with Gasteiger partial charge in [-0.25, -0.2) is 0 Å². The molecule has 1 unspecified atom stereocenters. The first-order valence-corrected chi connectivity index (χ1v) is 13.8. The van der Waals surface area contributed by atoms with Gasteiger partial charge < -0.3 is 0 Å². The molecular weight excluding hydrogens is 336 g/mol. The van der Waals surface area contributed by atoms with E-state index in [9.17, 15) is 0 Å². The fraction of sp³-hybridized carbons (Fsp3) is 1.00. The Morgan fingerprint density at radius 2 is 0.607 bits per heavy atom. The monoisotopic (exact) mass is 394 g/mol. The van der Waals surface area contributed by atoms with E-state index in [1.54, 1.807) is 6.42 Å². The Hall–Kier alpha value is 0. The van der Waals surface area contributed by atoms with Crippen LogP contribution in [-0.4, -0.2) is 0 Å². The van der Waals surface area contributed by atoms with Gasteiger partial charge in [-0.3, -0.25) is 0 Å². The molecule has 0 saturated carbocycles. The Labute approximate surface area is 181 Å². The van der Waals surface area contributed by atoms with Gasteiger partial charge in [-0.15, -0.1) is 0 Å². The fourth-order valence-electron chi connectivity index (χ4n) is 4.83. The molecule has 1 atom stereocenters. The van der Waals surface area contributed by atoms with Crippen LogP contribution in [0.2, 0.25) is 0 Å². The second-order valence-corrected chi connectivity index (χ2v) is 9.72. The summed E-state index contributed by atoms with van der Waals surface area (Å²) in [6.07, 6.45) is 32.2. The molecule has 0 saturated heterocycles. The molecule has 0 aliphatic carbocycles. The summed E-state index contributed by atoms with van der Waals surface area (Å²) in [5.41, 5.74) is 0. The molecule has 0 aliphatic heterocycles. The van der Waals surface area contributed by atoms with Crippen molar-refractivity contribution in [3.05, 3.63) is 0 Å². The van der Waals surface area contributed by atoms with Gasteiger partial charge >= 0.3 is 0 Å². The Kier molecular flexibility index (Phi) is 23.3. The molecule has 0 aromatic carbocycles. The number of hydrogen-bond acceptors (Lipinski definition) is 0. The van der Waals surface area contributed by atoms with Crippen LogP contribution >= 0.6 is 0 Å². The Morgan fingerprint density at radius 1 is 0.321 bits per heavy atom. The van der Waals surface area contributed by atoms with Crippen molar-refractivity contribution in [2.75, 3.05) is 0 Å². The summed E-state index contributed by atoms with van der Waals surface area (Å²) in [5, 5.41) is 0. The lowest BCUT2D eigenvalue weighted by Crippen LogP contribution is -2.10. The van der Waals surface area contributed by atoms with E-state index in [2.05, 4.69) is 27.7 Å². The number of hydrogen-bond donors (Lipinski definition) is 0. The molecule has 0 bridgehead atoms. The minimum Gasteiger partial charge on any atom is -0.0654 e. The third-order valence-corrected chi connectivity index (χ3v) is 6.78. The minimum atomic E-state index is 1.03. The molecule has 0 aromatic heterocycles. The average Bonchev–Trinajstić information content (AvgIpc) is 2.70. The van der Waals surface area contributed by atoms with Crippen molar-refractivity contribution in [1.29, 1.82) is 0 Å². The molecule has 0 aromatic rings. The molecule has 0 heterocycles. The van der Waals surface area contributed by atoms with Gasteiger partial charge in [0.15, 0.2) is 0 Å². The highest BCUT2D eigenvalue weighted by atomic mass is 14.2. The molecule has 0 nitrogen and oxygen atoms in total. The van der Waals surface area contributed by atoms with Crippen molar-refractivity contribution in [1.82, 2.24) is 0 Å². The summed E-state index contributed by atoms with van der Waals surface area (Å²) >= 11 is 0. The lowest BCUT2D eigenvalue weighted by molar-refractivity contribution is 0.284. The Bertz CT molecular complexity index is 255. The molecule has 0 N–H and O–H groups in total. The van der Waals surface area contributed by atoms with E-state index in [-0.39, 0.29) is 0 Å². The number of rotatable bonds is 23. The van der Waals surface area contributed by atoms with Gasteiger partial charge in [0, 0.05) is 0 Å². The van der Waals surface area contributed by atoms with Crippen LogP contribution in [0.3, 0.4) is 0 Å². The third kappa shape index (κ3) is 19.3. The van der Waals surface area contributed by atoms with E-state index < -0.39 is 0 Å². The second-order valence-electron chi connectivity index (χ2n) is 9.72. The molecule has 0 aliphatic rings. The zero-order valence-corrected chi connectivity index (χ0v) is 20.7. The zero-order valence-electron chi connectivity index (χ0n) is 20.7. The fourth-order valence-corrected chi connectivity index (χ4v) is 4.83. The van der Waals surface area contributed by atoms with E-state index in [0.717, 1.165) is 11.8 Å². The van der Waals surface area contributed by atoms with Crippen molar-refractivity contribution in [2.24, 2.45) is 11.8 Å². The zero-order chi connectivity index (χ0) is 20.7. The Morgan fingerprint density at radius 3 is 0.929 bits per heavy atom. The molecule has 28 heavy (non-hydrogen) atoms. The Balaban J connectivity index is 4.36. The molecular formula is C28H58. The maximum absolute atomic E-state index is 2.37. The first-order chi connectivity index (χ1) is 13.8. The summed E-state index contributed by atoms with van der Waals surface area (Å²) in [7, 11) is 0. The predicted molar refractivity (Wildman–Crippen MR) is 131 cm³/mol. The van der Waals surface area contributed by atoms with E-state index in [0.29, 0.717) is 0 Å². The van der Waals surface area contributed by atoms with E-state index >= 15 is 0 Å². The van der Waals surface area contributed by atoms with Crippen LogP contribution < -0.4 is 0 Å². The highest BCUT2D eigenvalue weighted by molar-refractivity contribution is 4.69. The van der Waals surface area contributed by atoms with Gasteiger partial charge in [-0.05, 0) is 18.3 Å². The summed E-state index contributed by atoms with van der Waals surface area (Å²) in [4.78, 5) is 0. The van der Waals surface area contributed by atoms with Crippen LogP contribution in [0, 0.1) is 11.8 Å². The van der Waals surface area contributed by atoms with Crippen LogP contribution in [0.1, 0.15) is 169 Å². The van der Waals surface area contributed by atoms with Gasteiger partial charge in [0.2, 0.25) is 0 Å². The maximum atomic E-state index is 2.37. The summed E-state index contributed by atoms with van der Waals surface area (Å²) in [6.45, 7) is 9.36. The maximum Gasteiger partial charge on any atom is -0.0412 e. The summed E-state index contributed by atoms with van der Waals surface area (Å²) in [5.74, 6) is 2.05. The lowest BCUT2D eigenvalue weighted by Gasteiger charge is -2.24. The molecule has 170 valence electrons. The van der Waals surface area contributed by atoms with Gasteiger partial charge in [-0.1, -0.05) is 163 Å². The standard InChI is InChI=1S/C28H58/c1-5-9-13-16-19-23-27(22-12-8-4)26-28(24-20-17-14-10-6-2)25-21-18-15-11-7-3/h27-28H,5-26H2,1-4H3. The predicted octanol–water partition coefficient (Wildman–Crippen LogP) is 10.9. The van der Waals surface area contributed by atoms with Crippen molar-refractivity contribution in [2.45, 2.75) is 169 Å². The van der Waals surface area contributed by atoms with Crippen molar-refractivity contribution < 1.29 is 0 Å². The minimum absolute atomic E-state index is 1.03. The third-order valence-electron chi connectivity index (χ3n) is 6.78. The number of unbranched alkanes of at least 4 members (excludes halogenated alkanes) is 13. The topological polar surface area (TPSA) is 0 Å². The van der Waals surface area contributed by atoms with Crippen LogP contribution in [0.5, 0.6) is 0 Å². The summed E-state index contributed by atoms with van der Waals surface area (Å²) < 4.78 is 0. The highest BCUT2D eigenvalue weighted by Crippen LogP contribution is 2.30. The molecule has 0 spiro atoms. The van der Waals surface area contributed by atoms with E-state index in [1.165, 1.54) is 135 Å². The van der Waals surface area contributed by atoms with Gasteiger partial charge in [0.1, 0.15) is 0 Å². The molecule has 0 rings (SSSR count). The van der Waals surface area contributed by atoms with Crippen LogP contribution in [0.4, 0.5) is 0 Å². The van der Waals surface area contributed by atoms with E-state index in [4.69, 9.17) is 0 Å². The van der Waals surface area contributed by atoms with Crippen LogP contribution in [0.25, 0.3) is 0 Å². The molecule has 0 fully saturated rings. The van der Waals surface area contributed by atoms with Crippen molar-refractivity contribution >= 4 is 0 Å². The highest BCUT2D eigenvalue weighted by Gasteiger charge is 2.16. The quantitative estimate of drug-likeness (QED) is 0.151. The van der Waals surface area contributed by atoms with Gasteiger partial charge in [0.25, 0.3) is 0 Å². The molecule has 0 heteroatoms. The lowest BCUT2D eigenvalue weighted by atomic mass is 9.82. The first-order valence-electron chi connectivity index (χ1n) is 13.8. The SMILES string of the molecule is CCCCCCCC(CCCC)CC(CCCCCCC)CCCCCCC. The van der Waals surface area contributed by atoms with Crippen LogP contribution in [-0.2, 0) is 0 Å². The van der Waals surface area contributed by atoms with Crippen LogP contribution in [0.15, 0.2) is 0 Å². The van der Waals surface area contributed by atoms with E-state index in [1.807, 2.05) is 0 Å². The normalized spacial score (nSPS) is 12.8. The molecule has 0 amide bonds. The first kappa shape index (κ1) is 28.0. The van der Waals surface area contributed by atoms with Gasteiger partial charge in [0.05, 0.1) is 0 Å². The van der Waals surface area contributed by atoms with Crippen molar-refractivity contribution in [3.63, 3.8) is 0 Å².